The van der Waals surface area contributed by atoms with E-state index in [1.807, 2.05) is 58.0 Å². The van der Waals surface area contributed by atoms with E-state index < -0.39 is 29.6 Å². The first kappa shape index (κ1) is 16.9. The van der Waals surface area contributed by atoms with Gasteiger partial charge in [0.25, 0.3) is 5.92 Å². The van der Waals surface area contributed by atoms with Gasteiger partial charge in [0.1, 0.15) is 0 Å². The first-order valence-corrected chi connectivity index (χ1v) is 7.95. The molecular weight excluding hydrogens is 301 g/mol. The zero-order chi connectivity index (χ0) is 16.9. The Balaban J connectivity index is 1.68. The Bertz CT molecular complexity index is 560. The summed E-state index contributed by atoms with van der Waals surface area (Å²) < 4.78 is 45.5. The molecule has 0 amide bonds. The fraction of sp³-hybridized carbons (Fsp3) is 0.647. The van der Waals surface area contributed by atoms with Gasteiger partial charge >= 0.3 is 7.12 Å². The highest BCUT2D eigenvalue weighted by Gasteiger charge is 2.81. The predicted molar refractivity (Wildman–Crippen MR) is 84.4 cm³/mol. The van der Waals surface area contributed by atoms with Crippen molar-refractivity contribution in [3.8, 4) is 0 Å². The number of hydrogen-bond donors (Lipinski definition) is 0. The van der Waals surface area contributed by atoms with E-state index in [4.69, 9.17) is 14.0 Å². The molecule has 0 spiro atoms. The Kier molecular flexibility index (Phi) is 3.86. The van der Waals surface area contributed by atoms with Crippen molar-refractivity contribution < 1.29 is 22.8 Å². The van der Waals surface area contributed by atoms with Crippen molar-refractivity contribution in [2.45, 2.75) is 63.2 Å². The van der Waals surface area contributed by atoms with Gasteiger partial charge in [0.05, 0.1) is 29.7 Å². The second kappa shape index (κ2) is 5.26. The van der Waals surface area contributed by atoms with Gasteiger partial charge in [-0.1, -0.05) is 30.3 Å². The lowest BCUT2D eigenvalue weighted by Crippen LogP contribution is -2.41. The summed E-state index contributed by atoms with van der Waals surface area (Å²) in [4.78, 5) is 0. The van der Waals surface area contributed by atoms with Gasteiger partial charge in [-0.15, -0.1) is 0 Å². The zero-order valence-corrected chi connectivity index (χ0v) is 14.1. The average molecular weight is 324 g/mol. The number of rotatable bonds is 5. The first-order chi connectivity index (χ1) is 10.6. The largest absolute Gasteiger partial charge is 0.473 e. The van der Waals surface area contributed by atoms with E-state index in [1.165, 1.54) is 0 Å². The molecule has 6 heteroatoms. The van der Waals surface area contributed by atoms with Crippen LogP contribution in [0.5, 0.6) is 0 Å². The van der Waals surface area contributed by atoms with Crippen molar-refractivity contribution in [2.24, 2.45) is 0 Å². The van der Waals surface area contributed by atoms with Crippen LogP contribution in [-0.2, 0) is 20.7 Å². The lowest BCUT2D eigenvalue weighted by molar-refractivity contribution is 0.00578. The maximum atomic E-state index is 14.1. The Morgan fingerprint density at radius 3 is 2.04 bits per heavy atom. The Labute approximate surface area is 136 Å². The summed E-state index contributed by atoms with van der Waals surface area (Å²) in [6.07, 6.45) is -0.258. The van der Waals surface area contributed by atoms with E-state index in [-0.39, 0.29) is 13.0 Å². The molecule has 1 aliphatic heterocycles. The molecule has 0 radical (unpaired) electrons. The third-order valence-electron chi connectivity index (χ3n) is 5.32. The van der Waals surface area contributed by atoms with E-state index in [2.05, 4.69) is 0 Å². The summed E-state index contributed by atoms with van der Waals surface area (Å²) in [6, 6.07) is 9.52. The highest BCUT2D eigenvalue weighted by molar-refractivity contribution is 6.51. The van der Waals surface area contributed by atoms with Gasteiger partial charge in [-0.25, -0.2) is 8.78 Å². The van der Waals surface area contributed by atoms with E-state index in [1.54, 1.807) is 0 Å². The van der Waals surface area contributed by atoms with Crippen molar-refractivity contribution in [2.75, 3.05) is 6.61 Å². The van der Waals surface area contributed by atoms with Crippen LogP contribution in [0, 0.1) is 0 Å². The highest BCUT2D eigenvalue weighted by Crippen LogP contribution is 2.70. The Morgan fingerprint density at radius 2 is 1.57 bits per heavy atom. The van der Waals surface area contributed by atoms with Crippen LogP contribution in [0.25, 0.3) is 0 Å². The van der Waals surface area contributed by atoms with Gasteiger partial charge in [-0.2, -0.15) is 0 Å². The minimum absolute atomic E-state index is 0.0777. The van der Waals surface area contributed by atoms with Gasteiger partial charge in [0.15, 0.2) is 0 Å². The molecule has 1 atom stereocenters. The number of ether oxygens (including phenoxy) is 1. The standard InChI is InChI=1S/C17H23BF2O3/c1-14(2)15(3,4)23-18(22-14)16(11-17(16,19)20)12-21-10-13-8-6-5-7-9-13/h5-9H,10-12H2,1-4H3. The molecule has 3 rings (SSSR count). The van der Waals surface area contributed by atoms with Crippen molar-refractivity contribution in [1.29, 1.82) is 0 Å². The van der Waals surface area contributed by atoms with Crippen molar-refractivity contribution in [1.82, 2.24) is 0 Å². The van der Waals surface area contributed by atoms with Crippen LogP contribution in [0.15, 0.2) is 30.3 Å². The van der Waals surface area contributed by atoms with Gasteiger partial charge in [-0.3, -0.25) is 0 Å². The van der Waals surface area contributed by atoms with Crippen LogP contribution >= 0.6 is 0 Å². The van der Waals surface area contributed by atoms with Gasteiger partial charge < -0.3 is 14.0 Å². The second-order valence-electron chi connectivity index (χ2n) is 7.60. The number of benzene rings is 1. The molecule has 1 saturated carbocycles. The topological polar surface area (TPSA) is 27.7 Å². The van der Waals surface area contributed by atoms with Crippen molar-refractivity contribution in [3.05, 3.63) is 35.9 Å². The van der Waals surface area contributed by atoms with Crippen LogP contribution in [0.1, 0.15) is 39.7 Å². The smallest absolute Gasteiger partial charge is 0.403 e. The summed E-state index contributed by atoms with van der Waals surface area (Å²) in [5.41, 5.74) is -0.286. The Hall–Kier alpha value is -0.975. The maximum Gasteiger partial charge on any atom is 0.473 e. The molecule has 23 heavy (non-hydrogen) atoms. The molecule has 1 aliphatic carbocycles. The van der Waals surface area contributed by atoms with Crippen LogP contribution < -0.4 is 0 Å². The summed E-state index contributed by atoms with van der Waals surface area (Å²) >= 11 is 0. The number of alkyl halides is 2. The summed E-state index contributed by atoms with van der Waals surface area (Å²) in [5.74, 6) is -2.81. The van der Waals surface area contributed by atoms with Crippen LogP contribution in [0.3, 0.4) is 0 Å². The quantitative estimate of drug-likeness (QED) is 0.764. The normalized spacial score (nSPS) is 30.4. The highest BCUT2D eigenvalue weighted by atomic mass is 19.3. The van der Waals surface area contributed by atoms with Crippen LogP contribution in [0.4, 0.5) is 8.78 Å². The molecule has 3 nitrogen and oxygen atoms in total. The molecule has 2 fully saturated rings. The molecule has 0 bridgehead atoms. The fourth-order valence-electron chi connectivity index (χ4n) is 2.83. The van der Waals surface area contributed by atoms with E-state index >= 15 is 0 Å². The van der Waals surface area contributed by atoms with E-state index in [0.29, 0.717) is 6.61 Å². The van der Waals surface area contributed by atoms with Crippen LogP contribution in [0.2, 0.25) is 5.31 Å². The fourth-order valence-corrected chi connectivity index (χ4v) is 2.83. The summed E-state index contributed by atoms with van der Waals surface area (Å²) in [7, 11) is -0.946. The third kappa shape index (κ3) is 2.81. The molecule has 1 saturated heterocycles. The SMILES string of the molecule is CC1(C)OB(C2(COCc3ccccc3)CC2(F)F)OC1(C)C. The molecule has 1 heterocycles. The van der Waals surface area contributed by atoms with Gasteiger partial charge in [0.2, 0.25) is 0 Å². The number of halogens is 2. The Morgan fingerprint density at radius 1 is 1.04 bits per heavy atom. The zero-order valence-electron chi connectivity index (χ0n) is 14.1. The molecule has 1 aromatic rings. The van der Waals surface area contributed by atoms with Crippen molar-refractivity contribution >= 4 is 7.12 Å². The lowest BCUT2D eigenvalue weighted by Gasteiger charge is -2.32. The summed E-state index contributed by atoms with van der Waals surface area (Å²) in [5, 5.41) is -1.38. The average Bonchev–Trinajstić information content (AvgIpc) is 2.92. The molecule has 126 valence electrons. The minimum Gasteiger partial charge on any atom is -0.403 e. The third-order valence-corrected chi connectivity index (χ3v) is 5.32. The molecule has 2 aliphatic rings. The molecular formula is C17H23BF2O3. The lowest BCUT2D eigenvalue weighted by atomic mass is 9.68. The van der Waals surface area contributed by atoms with Gasteiger partial charge in [0, 0.05) is 6.42 Å². The summed E-state index contributed by atoms with van der Waals surface area (Å²) in [6.45, 7) is 7.69. The van der Waals surface area contributed by atoms with Crippen LogP contribution in [-0.4, -0.2) is 30.8 Å². The molecule has 1 unspecified atom stereocenters. The maximum absolute atomic E-state index is 14.1. The van der Waals surface area contributed by atoms with Crippen molar-refractivity contribution in [3.63, 3.8) is 0 Å². The predicted octanol–water partition coefficient (Wildman–Crippen LogP) is 4.07. The minimum atomic E-state index is -2.81. The monoisotopic (exact) mass is 324 g/mol. The molecule has 0 aromatic heterocycles. The van der Waals surface area contributed by atoms with E-state index in [0.717, 1.165) is 5.56 Å². The molecule has 0 N–H and O–H groups in total. The van der Waals surface area contributed by atoms with Gasteiger partial charge in [-0.05, 0) is 33.3 Å². The number of hydrogen-bond acceptors (Lipinski definition) is 3. The second-order valence-corrected chi connectivity index (χ2v) is 7.60. The first-order valence-electron chi connectivity index (χ1n) is 7.95. The van der Waals surface area contributed by atoms with E-state index in [9.17, 15) is 8.78 Å². The molecule has 1 aromatic carbocycles.